The number of pyridine rings is 2. The lowest BCUT2D eigenvalue weighted by molar-refractivity contribution is -0.137. The average molecular weight is 554 g/mol. The Labute approximate surface area is 209 Å². The van der Waals surface area contributed by atoms with E-state index >= 15 is 0 Å². The van der Waals surface area contributed by atoms with Gasteiger partial charge in [0.05, 0.1) is 21.5 Å². The third-order valence-electron chi connectivity index (χ3n) is 5.43. The second kappa shape index (κ2) is 8.90. The SMILES string of the molecule is O=c1oc2c(c(O)c1Sc1c(F)c(F)cc(F)c1F)c(=O)n(-c1cccc(C(F)(F)F)c1)c1ncccc21. The summed E-state index contributed by atoms with van der Waals surface area (Å²) in [6.07, 6.45) is -3.56. The van der Waals surface area contributed by atoms with Crippen molar-refractivity contribution in [1.82, 2.24) is 9.55 Å². The van der Waals surface area contributed by atoms with Gasteiger partial charge >= 0.3 is 11.8 Å². The molecule has 0 bridgehead atoms. The lowest BCUT2D eigenvalue weighted by Crippen LogP contribution is -2.22. The van der Waals surface area contributed by atoms with Gasteiger partial charge in [-0.1, -0.05) is 17.8 Å². The molecule has 0 radical (unpaired) electrons. The maximum absolute atomic E-state index is 14.2. The highest BCUT2D eigenvalue weighted by atomic mass is 32.2. The van der Waals surface area contributed by atoms with E-state index in [1.54, 1.807) is 0 Å². The summed E-state index contributed by atoms with van der Waals surface area (Å²) >= 11 is -0.240. The molecule has 6 nitrogen and oxygen atoms in total. The molecular formula is C24H9F7N2O4S. The van der Waals surface area contributed by atoms with Gasteiger partial charge in [0.15, 0.2) is 40.2 Å². The van der Waals surface area contributed by atoms with Gasteiger partial charge in [-0.25, -0.2) is 27.3 Å². The number of rotatable bonds is 3. The van der Waals surface area contributed by atoms with Gasteiger partial charge in [0.2, 0.25) is 0 Å². The zero-order chi connectivity index (χ0) is 27.5. The predicted octanol–water partition coefficient (Wildman–Crippen LogP) is 5.92. The highest BCUT2D eigenvalue weighted by Crippen LogP contribution is 2.40. The zero-order valence-corrected chi connectivity index (χ0v) is 19.1. The van der Waals surface area contributed by atoms with Crippen LogP contribution in [0.2, 0.25) is 0 Å². The topological polar surface area (TPSA) is 85.3 Å². The molecule has 0 saturated heterocycles. The molecule has 0 amide bonds. The summed E-state index contributed by atoms with van der Waals surface area (Å²) in [5, 5.41) is 10.0. The van der Waals surface area contributed by atoms with Crippen LogP contribution in [-0.4, -0.2) is 14.7 Å². The summed E-state index contributed by atoms with van der Waals surface area (Å²) in [5.74, 6) is -8.52. The van der Waals surface area contributed by atoms with Crippen LogP contribution in [-0.2, 0) is 6.18 Å². The number of benzene rings is 2. The molecule has 0 fully saturated rings. The van der Waals surface area contributed by atoms with E-state index in [9.17, 15) is 45.4 Å². The first kappa shape index (κ1) is 25.3. The number of hydrogen-bond acceptors (Lipinski definition) is 6. The molecule has 1 N–H and O–H groups in total. The van der Waals surface area contributed by atoms with Crippen LogP contribution in [0.4, 0.5) is 30.7 Å². The van der Waals surface area contributed by atoms with E-state index in [1.165, 1.54) is 18.3 Å². The van der Waals surface area contributed by atoms with Gasteiger partial charge in [-0.3, -0.25) is 9.36 Å². The molecule has 0 aliphatic rings. The largest absolute Gasteiger partial charge is 0.505 e. The lowest BCUT2D eigenvalue weighted by atomic mass is 10.1. The minimum Gasteiger partial charge on any atom is -0.505 e. The number of alkyl halides is 3. The van der Waals surface area contributed by atoms with Gasteiger partial charge in [0.1, 0.15) is 10.3 Å². The monoisotopic (exact) mass is 554 g/mol. The first-order chi connectivity index (χ1) is 17.9. The Bertz CT molecular complexity index is 1870. The van der Waals surface area contributed by atoms with Crippen molar-refractivity contribution in [2.45, 2.75) is 16.0 Å². The molecule has 5 rings (SSSR count). The first-order valence-electron chi connectivity index (χ1n) is 10.3. The lowest BCUT2D eigenvalue weighted by Gasteiger charge is -2.15. The van der Waals surface area contributed by atoms with Crippen molar-refractivity contribution in [3.8, 4) is 11.4 Å². The van der Waals surface area contributed by atoms with Crippen LogP contribution in [0.3, 0.4) is 0 Å². The fourth-order valence-corrected chi connectivity index (χ4v) is 4.65. The predicted molar refractivity (Wildman–Crippen MR) is 120 cm³/mol. The molecule has 0 aliphatic carbocycles. The molecule has 3 aromatic heterocycles. The quantitative estimate of drug-likeness (QED) is 0.169. The van der Waals surface area contributed by atoms with Gasteiger partial charge in [-0.15, -0.1) is 0 Å². The average Bonchev–Trinajstić information content (AvgIpc) is 2.86. The van der Waals surface area contributed by atoms with Crippen LogP contribution in [0.1, 0.15) is 5.56 Å². The van der Waals surface area contributed by atoms with Crippen molar-refractivity contribution in [3.63, 3.8) is 0 Å². The van der Waals surface area contributed by atoms with Crippen molar-refractivity contribution in [2.24, 2.45) is 0 Å². The minimum atomic E-state index is -4.77. The molecule has 14 heteroatoms. The normalized spacial score (nSPS) is 12.0. The molecule has 0 spiro atoms. The van der Waals surface area contributed by atoms with Crippen LogP contribution in [0.15, 0.2) is 72.5 Å². The van der Waals surface area contributed by atoms with Crippen molar-refractivity contribution in [1.29, 1.82) is 0 Å². The Kier molecular flexibility index (Phi) is 5.93. The van der Waals surface area contributed by atoms with E-state index < -0.39 is 72.7 Å². The standard InChI is InChI=1S/C24H9F7N2O4S/c25-12-8-13(26)16(28)19(15(12)27)38-20-17(34)14-18(37-23(20)36)11-5-2-6-32-21(11)33(22(14)35)10-4-1-3-9(7-10)24(29,30)31/h1-8,34H. The van der Waals surface area contributed by atoms with E-state index in [-0.39, 0.29) is 34.5 Å². The highest BCUT2D eigenvalue weighted by molar-refractivity contribution is 7.99. The molecule has 0 aliphatic heterocycles. The number of halogens is 7. The highest BCUT2D eigenvalue weighted by Gasteiger charge is 2.31. The molecule has 2 aromatic carbocycles. The molecule has 0 unspecified atom stereocenters. The van der Waals surface area contributed by atoms with Gasteiger partial charge < -0.3 is 9.52 Å². The Morgan fingerprint density at radius 3 is 2.26 bits per heavy atom. The van der Waals surface area contributed by atoms with Crippen LogP contribution >= 0.6 is 11.8 Å². The summed E-state index contributed by atoms with van der Waals surface area (Å²) in [4.78, 5) is 27.9. The molecule has 5 aromatic rings. The number of hydrogen-bond donors (Lipinski definition) is 1. The fraction of sp³-hybridized carbons (Fsp3) is 0.0417. The van der Waals surface area contributed by atoms with Crippen LogP contribution in [0.5, 0.6) is 5.75 Å². The van der Waals surface area contributed by atoms with Crippen molar-refractivity contribution < 1.29 is 40.3 Å². The van der Waals surface area contributed by atoms with Gasteiger partial charge in [0.25, 0.3) is 5.56 Å². The van der Waals surface area contributed by atoms with Crippen LogP contribution in [0, 0.1) is 23.3 Å². The number of aromatic hydroxyl groups is 1. The smallest absolute Gasteiger partial charge is 0.416 e. The maximum Gasteiger partial charge on any atom is 0.416 e. The third-order valence-corrected chi connectivity index (χ3v) is 6.55. The Hall–Kier alpha value is -4.33. The van der Waals surface area contributed by atoms with Gasteiger partial charge in [-0.05, 0) is 30.3 Å². The fourth-order valence-electron chi connectivity index (χ4n) is 3.75. The molecule has 0 saturated carbocycles. The second-order valence-electron chi connectivity index (χ2n) is 7.73. The Morgan fingerprint density at radius 1 is 0.921 bits per heavy atom. The van der Waals surface area contributed by atoms with Crippen LogP contribution in [0.25, 0.3) is 27.7 Å². The number of aromatic nitrogens is 2. The Morgan fingerprint density at radius 2 is 1.61 bits per heavy atom. The number of nitrogens with zero attached hydrogens (tertiary/aromatic N) is 2. The maximum atomic E-state index is 14.2. The summed E-state index contributed by atoms with van der Waals surface area (Å²) in [6.45, 7) is 0. The van der Waals surface area contributed by atoms with Crippen molar-refractivity contribution >= 4 is 33.8 Å². The summed E-state index contributed by atoms with van der Waals surface area (Å²) in [7, 11) is 0. The van der Waals surface area contributed by atoms with Crippen molar-refractivity contribution in [2.75, 3.05) is 0 Å². The third kappa shape index (κ3) is 3.97. The number of fused-ring (bicyclic) bond motifs is 3. The molecular weight excluding hydrogens is 545 g/mol. The van der Waals surface area contributed by atoms with Gasteiger partial charge in [0, 0.05) is 12.3 Å². The van der Waals surface area contributed by atoms with E-state index in [0.717, 1.165) is 18.2 Å². The summed E-state index contributed by atoms with van der Waals surface area (Å²) in [5.41, 5.74) is -4.83. The minimum absolute atomic E-state index is 0.0652. The van der Waals surface area contributed by atoms with Gasteiger partial charge in [-0.2, -0.15) is 13.2 Å². The van der Waals surface area contributed by atoms with E-state index in [1.807, 2.05) is 0 Å². The molecule has 38 heavy (non-hydrogen) atoms. The van der Waals surface area contributed by atoms with E-state index in [4.69, 9.17) is 4.42 Å². The first-order valence-corrected chi connectivity index (χ1v) is 11.1. The second-order valence-corrected chi connectivity index (χ2v) is 8.75. The molecule has 194 valence electrons. The van der Waals surface area contributed by atoms with Crippen LogP contribution < -0.4 is 11.2 Å². The summed E-state index contributed by atoms with van der Waals surface area (Å²) in [6, 6.07) is 6.17. The van der Waals surface area contributed by atoms with Crippen molar-refractivity contribution in [3.05, 3.63) is 98.3 Å². The molecule has 3 heterocycles. The Balaban J connectivity index is 1.86. The summed E-state index contributed by atoms with van der Waals surface area (Å²) < 4.78 is 102. The van der Waals surface area contributed by atoms with E-state index in [0.29, 0.717) is 10.6 Å². The zero-order valence-electron chi connectivity index (χ0n) is 18.2. The van der Waals surface area contributed by atoms with E-state index in [2.05, 4.69) is 4.98 Å². The molecule has 0 atom stereocenters.